The molecular weight excluding hydrogens is 685 g/mol. The molecule has 51 heavy (non-hydrogen) atoms. The molecule has 1 aliphatic carbocycles. The van der Waals surface area contributed by atoms with E-state index in [1.807, 2.05) is 19.1 Å². The number of aliphatic hydroxyl groups is 1. The van der Waals surface area contributed by atoms with Crippen LogP contribution in [0.15, 0.2) is 47.5 Å². The molecule has 1 aromatic carbocycles. The fourth-order valence-corrected chi connectivity index (χ4v) is 8.32. The third kappa shape index (κ3) is 6.18. The zero-order valence-electron chi connectivity index (χ0n) is 28.6. The van der Waals surface area contributed by atoms with Crippen LogP contribution in [0.4, 0.5) is 23.7 Å². The number of aliphatic hydroxyl groups excluding tert-OH is 1. The minimum absolute atomic E-state index is 0.0342. The predicted molar refractivity (Wildman–Crippen MR) is 184 cm³/mol. The molecule has 1 N–H and O–H groups in total. The van der Waals surface area contributed by atoms with Crippen LogP contribution in [0.3, 0.4) is 0 Å². The Morgan fingerprint density at radius 2 is 1.96 bits per heavy atom. The van der Waals surface area contributed by atoms with Crippen molar-refractivity contribution in [3.63, 3.8) is 0 Å². The molecule has 5 heterocycles. The van der Waals surface area contributed by atoms with Crippen molar-refractivity contribution < 1.29 is 32.5 Å². The Hall–Kier alpha value is -4.68. The Morgan fingerprint density at radius 3 is 2.61 bits per heavy atom. The Balaban J connectivity index is 1.25. The first-order chi connectivity index (χ1) is 24.1. The molecular formula is C36H37F3N6O5S. The number of pyridine rings is 1. The van der Waals surface area contributed by atoms with Crippen LogP contribution in [0.1, 0.15) is 63.0 Å². The number of likely N-dealkylation sites (tertiary alicyclic amines) is 1. The summed E-state index contributed by atoms with van der Waals surface area (Å²) in [6.45, 7) is 8.13. The van der Waals surface area contributed by atoms with E-state index in [0.717, 1.165) is 32.9 Å². The zero-order chi connectivity index (χ0) is 36.5. The summed E-state index contributed by atoms with van der Waals surface area (Å²) < 4.78 is 54.8. The van der Waals surface area contributed by atoms with E-state index in [9.17, 15) is 33.1 Å². The van der Waals surface area contributed by atoms with E-state index in [2.05, 4.69) is 21.1 Å². The molecule has 1 saturated carbocycles. The number of halogens is 3. The molecule has 0 spiro atoms. The highest BCUT2D eigenvalue weighted by atomic mass is 32.1. The maximum atomic E-state index is 13.7. The highest BCUT2D eigenvalue weighted by Crippen LogP contribution is 2.58. The van der Waals surface area contributed by atoms with Crippen molar-refractivity contribution in [2.45, 2.75) is 82.3 Å². The van der Waals surface area contributed by atoms with Gasteiger partial charge in [0.2, 0.25) is 0 Å². The molecule has 2 fully saturated rings. The second kappa shape index (κ2) is 12.2. The third-order valence-corrected chi connectivity index (χ3v) is 11.1. The number of nitriles is 1. The van der Waals surface area contributed by atoms with Crippen LogP contribution >= 0.6 is 11.3 Å². The molecule has 11 nitrogen and oxygen atoms in total. The van der Waals surface area contributed by atoms with Crippen LogP contribution in [0.2, 0.25) is 0 Å². The molecule has 3 aromatic heterocycles. The van der Waals surface area contributed by atoms with E-state index in [0.29, 0.717) is 53.4 Å². The first-order valence-corrected chi connectivity index (χ1v) is 17.5. The minimum atomic E-state index is -4.45. The molecule has 2 aliphatic heterocycles. The fraction of sp³-hybridized carbons (Fsp3) is 0.472. The SMILES string of the molecule is CC(C)(C)OC(=O)N1C[C@@H](N2CCOc3cc(C#N)cc(-c4ccnc5cc(Cn6ncc(C7(C(F)(F)F)CC7)cc6=O)sc45)c32)C[C@@]1(C)CO. The van der Waals surface area contributed by atoms with Gasteiger partial charge in [-0.05, 0) is 70.7 Å². The summed E-state index contributed by atoms with van der Waals surface area (Å²) in [7, 11) is 0. The van der Waals surface area contributed by atoms with Gasteiger partial charge in [0, 0.05) is 46.9 Å². The number of hydrogen-bond donors (Lipinski definition) is 1. The molecule has 1 amide bonds. The van der Waals surface area contributed by atoms with Gasteiger partial charge in [-0.2, -0.15) is 23.5 Å². The molecule has 2 atom stereocenters. The predicted octanol–water partition coefficient (Wildman–Crippen LogP) is 5.99. The van der Waals surface area contributed by atoms with Gasteiger partial charge in [-0.25, -0.2) is 9.48 Å². The lowest BCUT2D eigenvalue weighted by molar-refractivity contribution is -0.160. The number of nitrogens with zero attached hydrogens (tertiary/aromatic N) is 6. The number of anilines is 1. The number of carbonyl (C=O) groups is 1. The van der Waals surface area contributed by atoms with E-state index in [4.69, 9.17) is 9.47 Å². The summed E-state index contributed by atoms with van der Waals surface area (Å²) in [5.74, 6) is 0.515. The maximum absolute atomic E-state index is 13.7. The van der Waals surface area contributed by atoms with E-state index < -0.39 is 34.4 Å². The summed E-state index contributed by atoms with van der Waals surface area (Å²) in [6, 6.07) is 10.2. The smallest absolute Gasteiger partial charge is 0.410 e. The van der Waals surface area contributed by atoms with Crippen molar-refractivity contribution in [2.75, 3.05) is 31.2 Å². The van der Waals surface area contributed by atoms with Gasteiger partial charge in [0.1, 0.15) is 18.0 Å². The van der Waals surface area contributed by atoms with Crippen LogP contribution in [-0.4, -0.2) is 80.5 Å². The molecule has 0 bridgehead atoms. The first kappa shape index (κ1) is 34.8. The van der Waals surface area contributed by atoms with E-state index >= 15 is 0 Å². The maximum Gasteiger partial charge on any atom is 0.410 e. The lowest BCUT2D eigenvalue weighted by atomic mass is 9.95. The largest absolute Gasteiger partial charge is 0.489 e. The molecule has 4 aromatic rings. The normalized spacial score (nSPS) is 21.3. The Bertz CT molecular complexity index is 2130. The van der Waals surface area contributed by atoms with Crippen molar-refractivity contribution in [1.82, 2.24) is 19.7 Å². The van der Waals surface area contributed by atoms with Gasteiger partial charge in [-0.15, -0.1) is 11.3 Å². The van der Waals surface area contributed by atoms with Gasteiger partial charge in [-0.1, -0.05) is 0 Å². The Kier molecular flexibility index (Phi) is 8.33. The first-order valence-electron chi connectivity index (χ1n) is 16.7. The molecule has 7 rings (SSSR count). The highest BCUT2D eigenvalue weighted by molar-refractivity contribution is 7.19. The van der Waals surface area contributed by atoms with Gasteiger partial charge in [-0.3, -0.25) is 14.7 Å². The van der Waals surface area contributed by atoms with Crippen molar-refractivity contribution in [1.29, 1.82) is 5.26 Å². The summed E-state index contributed by atoms with van der Waals surface area (Å²) in [4.78, 5) is 35.3. The minimum Gasteiger partial charge on any atom is -0.489 e. The van der Waals surface area contributed by atoms with Crippen molar-refractivity contribution in [3.8, 4) is 22.9 Å². The molecule has 1 saturated heterocycles. The third-order valence-electron chi connectivity index (χ3n) is 9.97. The zero-order valence-corrected chi connectivity index (χ0v) is 29.4. The quantitative estimate of drug-likeness (QED) is 0.255. The monoisotopic (exact) mass is 722 g/mol. The fourth-order valence-electron chi connectivity index (χ4n) is 7.20. The molecule has 3 aliphatic rings. The number of aromatic nitrogens is 3. The summed E-state index contributed by atoms with van der Waals surface area (Å²) in [5, 5.41) is 24.6. The number of fused-ring (bicyclic) bond motifs is 2. The molecule has 15 heteroatoms. The lowest BCUT2D eigenvalue weighted by Crippen LogP contribution is -2.49. The Labute approximate surface area is 295 Å². The van der Waals surface area contributed by atoms with Gasteiger partial charge >= 0.3 is 12.3 Å². The number of ether oxygens (including phenoxy) is 2. The topological polar surface area (TPSA) is 134 Å². The van der Waals surface area contributed by atoms with Crippen LogP contribution < -0.4 is 15.2 Å². The highest BCUT2D eigenvalue weighted by Gasteiger charge is 2.64. The summed E-state index contributed by atoms with van der Waals surface area (Å²) in [5.41, 5.74) is -1.07. The molecule has 268 valence electrons. The van der Waals surface area contributed by atoms with Crippen molar-refractivity contribution >= 4 is 33.3 Å². The second-order valence-electron chi connectivity index (χ2n) is 14.7. The van der Waals surface area contributed by atoms with E-state index in [1.54, 1.807) is 44.0 Å². The number of rotatable bonds is 6. The van der Waals surface area contributed by atoms with Crippen molar-refractivity contribution in [2.24, 2.45) is 0 Å². The number of benzene rings is 1. The molecule has 0 radical (unpaired) electrons. The second-order valence-corrected chi connectivity index (χ2v) is 15.9. The number of thiophene rings is 1. The van der Waals surface area contributed by atoms with Gasteiger partial charge in [0.15, 0.2) is 0 Å². The van der Waals surface area contributed by atoms with Crippen LogP contribution in [0.5, 0.6) is 5.75 Å². The Morgan fingerprint density at radius 1 is 1.20 bits per heavy atom. The average molecular weight is 723 g/mol. The molecule has 0 unspecified atom stereocenters. The van der Waals surface area contributed by atoms with Crippen LogP contribution in [0, 0.1) is 11.3 Å². The number of hydrogen-bond acceptors (Lipinski definition) is 10. The number of alkyl halides is 3. The number of carbonyl (C=O) groups excluding carboxylic acids is 1. The van der Waals surface area contributed by atoms with Crippen LogP contribution in [-0.2, 0) is 16.7 Å². The van der Waals surface area contributed by atoms with E-state index in [1.165, 1.54) is 11.3 Å². The van der Waals surface area contributed by atoms with Crippen molar-refractivity contribution in [3.05, 3.63) is 69.1 Å². The van der Waals surface area contributed by atoms with E-state index in [-0.39, 0.29) is 37.6 Å². The standard InChI is InChI=1S/C36H37F3N6O5S/c1-33(2,3)50-32(48)44-18-23(15-34(44,4)20-46)43-9-10-49-28-12-21(16-40)11-26(30(28)43)25-5-8-41-27-14-24(51-31(25)27)19-45-29(47)13-22(17-42-45)35(6-7-35)36(37,38)39/h5,8,11-14,17,23,46H,6-7,9-10,15,18-20H2,1-4H3/t23-,34-/m0/s1. The lowest BCUT2D eigenvalue weighted by Gasteiger charge is -2.37. The van der Waals surface area contributed by atoms with Gasteiger partial charge < -0.3 is 19.5 Å². The number of amides is 1. The van der Waals surface area contributed by atoms with Gasteiger partial charge in [0.05, 0.1) is 64.4 Å². The average Bonchev–Trinajstić information content (AvgIpc) is 3.69. The summed E-state index contributed by atoms with van der Waals surface area (Å²) >= 11 is 1.37. The van der Waals surface area contributed by atoms with Crippen LogP contribution in [0.25, 0.3) is 21.3 Å². The van der Waals surface area contributed by atoms with Gasteiger partial charge in [0.25, 0.3) is 5.56 Å². The summed E-state index contributed by atoms with van der Waals surface area (Å²) in [6.07, 6.45) is -1.82.